The number of pyridine rings is 1. The zero-order valence-electron chi connectivity index (χ0n) is 21.4. The van der Waals surface area contributed by atoms with Crippen molar-refractivity contribution < 1.29 is 4.74 Å². The maximum absolute atomic E-state index is 6.01. The molecule has 0 fully saturated rings. The lowest BCUT2D eigenvalue weighted by atomic mass is 10.1. The van der Waals surface area contributed by atoms with E-state index in [1.807, 2.05) is 40.2 Å². The van der Waals surface area contributed by atoms with Gasteiger partial charge in [-0.15, -0.1) is 6.58 Å². The number of likely N-dealkylation sites (N-methyl/N-ethyl adjacent to an activating group) is 3. The largest absolute Gasteiger partial charge is 0.479 e. The first-order chi connectivity index (χ1) is 15.0. The van der Waals surface area contributed by atoms with E-state index in [0.717, 1.165) is 51.5 Å². The summed E-state index contributed by atoms with van der Waals surface area (Å²) in [5, 5.41) is 4.32. The molecule has 3 rings (SSSR count). The Morgan fingerprint density at radius 3 is 2.35 bits per heavy atom. The molecule has 0 radical (unpaired) electrons. The molecule has 0 bridgehead atoms. The van der Waals surface area contributed by atoms with Gasteiger partial charge in [-0.25, -0.2) is 0 Å². The van der Waals surface area contributed by atoms with Crippen molar-refractivity contribution in [2.45, 2.75) is 46.6 Å². The molecule has 2 aromatic rings. The second-order valence-electron chi connectivity index (χ2n) is 7.75. The van der Waals surface area contributed by atoms with Gasteiger partial charge in [0.05, 0.1) is 12.1 Å². The van der Waals surface area contributed by atoms with Crippen LogP contribution in [0.5, 0.6) is 5.88 Å². The Bertz CT molecular complexity index is 709. The topological polar surface area (TPSA) is 45.6 Å². The van der Waals surface area contributed by atoms with Crippen LogP contribution in [0.3, 0.4) is 0 Å². The Kier molecular flexibility index (Phi) is 16.7. The number of hydrogen-bond donors (Lipinski definition) is 1. The summed E-state index contributed by atoms with van der Waals surface area (Å²) in [6.45, 7) is 14.3. The molecule has 0 atom stereocenters. The average molecular weight is 434 g/mol. The van der Waals surface area contributed by atoms with Crippen LogP contribution in [-0.2, 0) is 13.0 Å². The van der Waals surface area contributed by atoms with Crippen molar-refractivity contribution in [3.8, 4) is 5.88 Å². The molecule has 0 amide bonds. The maximum Gasteiger partial charge on any atom is 0.197 e. The summed E-state index contributed by atoms with van der Waals surface area (Å²) in [6.07, 6.45) is 9.05. The number of rotatable bonds is 6. The Hall–Kier alpha value is -1.89. The maximum atomic E-state index is 6.01. The summed E-state index contributed by atoms with van der Waals surface area (Å²) in [5.41, 5.74) is 2.60. The van der Waals surface area contributed by atoms with Gasteiger partial charge in [0.15, 0.2) is 5.88 Å². The molecule has 1 aliphatic rings. The van der Waals surface area contributed by atoms with Gasteiger partial charge < -0.3 is 24.4 Å². The van der Waals surface area contributed by atoms with E-state index in [4.69, 9.17) is 4.74 Å². The molecular weight excluding hydrogens is 386 g/mol. The number of nitrogens with zero attached hydrogens (tertiary/aromatic N) is 4. The van der Waals surface area contributed by atoms with Gasteiger partial charge in [0.1, 0.15) is 0 Å². The smallest absolute Gasteiger partial charge is 0.197 e. The molecule has 178 valence electrons. The molecule has 0 spiro atoms. The van der Waals surface area contributed by atoms with Crippen molar-refractivity contribution in [3.63, 3.8) is 0 Å². The summed E-state index contributed by atoms with van der Waals surface area (Å²) in [6, 6.07) is 2.10. The summed E-state index contributed by atoms with van der Waals surface area (Å²) >= 11 is 0. The predicted octanol–water partition coefficient (Wildman–Crippen LogP) is 4.30. The standard InChI is InChI=1S/C15H21N3O.C5H14N2.C3H6.C2H6/c1-17(2)8-9-18-14-6-7-16-11-13(14)12-5-3-4-10-19-15(12)18;1-6-4-5-7(2)3;1-3-2;1-2/h6-7,11H,3-5,8-10H2,1-2H3;6H,4-5H2,1-3H3;3H,1H2,2H3;1-2H3. The number of aromatic nitrogens is 2. The molecule has 6 heteroatoms. The molecule has 6 nitrogen and oxygen atoms in total. The highest BCUT2D eigenvalue weighted by Gasteiger charge is 2.20. The van der Waals surface area contributed by atoms with E-state index in [0.29, 0.717) is 0 Å². The number of allylic oxidation sites excluding steroid dienone is 1. The molecule has 0 aliphatic carbocycles. The van der Waals surface area contributed by atoms with Crippen molar-refractivity contribution in [2.75, 3.05) is 61.5 Å². The lowest BCUT2D eigenvalue weighted by Gasteiger charge is -2.14. The lowest BCUT2D eigenvalue weighted by Crippen LogP contribution is -2.23. The molecule has 31 heavy (non-hydrogen) atoms. The molecule has 0 aromatic carbocycles. The molecule has 2 aromatic heterocycles. The number of ether oxygens (including phenoxy) is 1. The van der Waals surface area contributed by atoms with E-state index in [1.54, 1.807) is 6.08 Å². The number of hydrogen-bond acceptors (Lipinski definition) is 5. The van der Waals surface area contributed by atoms with Gasteiger partial charge in [0.2, 0.25) is 0 Å². The van der Waals surface area contributed by atoms with Gasteiger partial charge in [-0.1, -0.05) is 19.9 Å². The minimum absolute atomic E-state index is 0.832. The Morgan fingerprint density at radius 2 is 1.81 bits per heavy atom. The van der Waals surface area contributed by atoms with Crippen LogP contribution in [0.15, 0.2) is 31.1 Å². The fraction of sp³-hybridized carbons (Fsp3) is 0.640. The fourth-order valence-corrected chi connectivity index (χ4v) is 3.08. The van der Waals surface area contributed by atoms with Gasteiger partial charge >= 0.3 is 0 Å². The SMILES string of the molecule is C=CC.CC.CN(C)CCn1c2c(c3cnccc31)CCCCO2.CNCCN(C)C. The second-order valence-corrected chi connectivity index (χ2v) is 7.75. The minimum Gasteiger partial charge on any atom is -0.479 e. The van der Waals surface area contributed by atoms with Gasteiger partial charge in [-0.2, -0.15) is 0 Å². The molecule has 0 unspecified atom stereocenters. The Morgan fingerprint density at radius 1 is 1.16 bits per heavy atom. The Labute approximate surface area is 191 Å². The minimum atomic E-state index is 0.832. The van der Waals surface area contributed by atoms with Crippen molar-refractivity contribution in [1.82, 2.24) is 24.7 Å². The quantitative estimate of drug-likeness (QED) is 0.688. The summed E-state index contributed by atoms with van der Waals surface area (Å²) in [4.78, 5) is 8.63. The average Bonchev–Trinajstić information content (AvgIpc) is 2.89. The lowest BCUT2D eigenvalue weighted by molar-refractivity contribution is 0.284. The highest BCUT2D eigenvalue weighted by molar-refractivity contribution is 5.86. The van der Waals surface area contributed by atoms with Crippen LogP contribution >= 0.6 is 0 Å². The highest BCUT2D eigenvalue weighted by atomic mass is 16.5. The first kappa shape index (κ1) is 29.1. The van der Waals surface area contributed by atoms with Crippen molar-refractivity contribution in [3.05, 3.63) is 36.7 Å². The van der Waals surface area contributed by atoms with Crippen LogP contribution in [-0.4, -0.2) is 80.8 Å². The fourth-order valence-electron chi connectivity index (χ4n) is 3.08. The Balaban J connectivity index is 0.000000632. The molecule has 1 aliphatic heterocycles. The number of nitrogens with one attached hydrogen (secondary N) is 1. The highest BCUT2D eigenvalue weighted by Crippen LogP contribution is 2.34. The molecular formula is C25H47N5O. The van der Waals surface area contributed by atoms with Crippen LogP contribution in [0.2, 0.25) is 0 Å². The molecule has 3 heterocycles. The summed E-state index contributed by atoms with van der Waals surface area (Å²) in [5.74, 6) is 1.07. The molecule has 0 saturated carbocycles. The summed E-state index contributed by atoms with van der Waals surface area (Å²) in [7, 11) is 10.3. The number of fused-ring (bicyclic) bond motifs is 3. The van der Waals surface area contributed by atoms with E-state index in [2.05, 4.69) is 65.5 Å². The van der Waals surface area contributed by atoms with Crippen LogP contribution in [0.25, 0.3) is 10.9 Å². The van der Waals surface area contributed by atoms with Crippen LogP contribution in [0.4, 0.5) is 0 Å². The van der Waals surface area contributed by atoms with Crippen molar-refractivity contribution in [2.24, 2.45) is 0 Å². The monoisotopic (exact) mass is 433 g/mol. The first-order valence-corrected chi connectivity index (χ1v) is 11.5. The molecule has 1 N–H and O–H groups in total. The first-order valence-electron chi connectivity index (χ1n) is 11.5. The van der Waals surface area contributed by atoms with E-state index in [1.165, 1.54) is 22.9 Å². The predicted molar refractivity (Wildman–Crippen MR) is 136 cm³/mol. The van der Waals surface area contributed by atoms with Crippen molar-refractivity contribution >= 4 is 10.9 Å². The van der Waals surface area contributed by atoms with Crippen molar-refractivity contribution in [1.29, 1.82) is 0 Å². The van der Waals surface area contributed by atoms with Gasteiger partial charge in [-0.05, 0) is 67.5 Å². The summed E-state index contributed by atoms with van der Waals surface area (Å²) < 4.78 is 8.33. The van der Waals surface area contributed by atoms with Gasteiger partial charge in [0, 0.05) is 49.5 Å². The van der Waals surface area contributed by atoms with E-state index < -0.39 is 0 Å². The second kappa shape index (κ2) is 17.8. The molecule has 0 saturated heterocycles. The van der Waals surface area contributed by atoms with E-state index >= 15 is 0 Å². The van der Waals surface area contributed by atoms with E-state index in [9.17, 15) is 0 Å². The normalized spacial score (nSPS) is 12.3. The van der Waals surface area contributed by atoms with Gasteiger partial charge in [0.25, 0.3) is 0 Å². The van der Waals surface area contributed by atoms with Crippen LogP contribution in [0.1, 0.15) is 39.2 Å². The van der Waals surface area contributed by atoms with Crippen LogP contribution in [0, 0.1) is 0 Å². The van der Waals surface area contributed by atoms with Crippen LogP contribution < -0.4 is 10.1 Å². The van der Waals surface area contributed by atoms with E-state index in [-0.39, 0.29) is 0 Å². The third-order valence-electron chi connectivity index (χ3n) is 4.56. The zero-order chi connectivity index (χ0) is 23.6. The van der Waals surface area contributed by atoms with Gasteiger partial charge in [-0.3, -0.25) is 4.98 Å². The third kappa shape index (κ3) is 10.8. The zero-order valence-corrected chi connectivity index (χ0v) is 21.4. The number of aryl methyl sites for hydroxylation is 1. The third-order valence-corrected chi connectivity index (χ3v) is 4.56.